The van der Waals surface area contributed by atoms with Crippen molar-refractivity contribution in [1.29, 1.82) is 0 Å². The lowest BCUT2D eigenvalue weighted by Crippen LogP contribution is -2.08. The molecule has 0 unspecified atom stereocenters. The summed E-state index contributed by atoms with van der Waals surface area (Å²) >= 11 is 0. The zero-order valence-electron chi connectivity index (χ0n) is 14.3. The van der Waals surface area contributed by atoms with Crippen LogP contribution >= 0.6 is 0 Å². The molecule has 0 fully saturated rings. The second-order valence-electron chi connectivity index (χ2n) is 5.94. The predicted octanol–water partition coefficient (Wildman–Crippen LogP) is 3.58. The van der Waals surface area contributed by atoms with Gasteiger partial charge in [0.15, 0.2) is 5.82 Å². The number of aromatic amines is 1. The summed E-state index contributed by atoms with van der Waals surface area (Å²) < 4.78 is 0. The molecule has 4 aromatic rings. The maximum Gasteiger partial charge on any atom is 0.301 e. The topological polar surface area (TPSA) is 110 Å². The number of nitro groups is 1. The highest BCUT2D eigenvalue weighted by molar-refractivity contribution is 5.94. The number of aromatic nitrogens is 4. The van der Waals surface area contributed by atoms with Crippen molar-refractivity contribution in [1.82, 2.24) is 20.2 Å². The third-order valence-electron chi connectivity index (χ3n) is 4.18. The van der Waals surface area contributed by atoms with Gasteiger partial charge in [0.2, 0.25) is 0 Å². The summed E-state index contributed by atoms with van der Waals surface area (Å²) in [6, 6.07) is 16.5. The van der Waals surface area contributed by atoms with Gasteiger partial charge in [0.1, 0.15) is 11.5 Å². The molecule has 8 heteroatoms. The third kappa shape index (κ3) is 3.45. The molecule has 0 bridgehead atoms. The van der Waals surface area contributed by atoms with Gasteiger partial charge in [-0.25, -0.2) is 4.98 Å². The molecule has 27 heavy (non-hydrogen) atoms. The van der Waals surface area contributed by atoms with Crippen molar-refractivity contribution in [2.45, 2.75) is 6.42 Å². The fraction of sp³-hybridized carbons (Fsp3) is 0.105. The first-order valence-electron chi connectivity index (χ1n) is 8.45. The summed E-state index contributed by atoms with van der Waals surface area (Å²) in [4.78, 5) is 19.8. The molecule has 4 rings (SSSR count). The Morgan fingerprint density at radius 1 is 1.07 bits per heavy atom. The standard InChI is InChI=1S/C19H16N6O2/c26-25(27)18-14-7-4-11-20-15(14)8-9-16(18)21-12-10-17-22-19(24-23-17)13-5-2-1-3-6-13/h1-9,11,21H,10,12H2,(H,22,23,24). The van der Waals surface area contributed by atoms with Crippen molar-refractivity contribution >= 4 is 22.3 Å². The van der Waals surface area contributed by atoms with Crippen LogP contribution in [-0.2, 0) is 6.42 Å². The number of benzene rings is 2. The Kier molecular flexibility index (Phi) is 4.44. The Morgan fingerprint density at radius 3 is 2.74 bits per heavy atom. The van der Waals surface area contributed by atoms with Crippen LogP contribution in [0.1, 0.15) is 5.82 Å². The average Bonchev–Trinajstić information content (AvgIpc) is 3.17. The summed E-state index contributed by atoms with van der Waals surface area (Å²) in [7, 11) is 0. The Morgan fingerprint density at radius 2 is 1.93 bits per heavy atom. The van der Waals surface area contributed by atoms with Gasteiger partial charge in [0.25, 0.3) is 0 Å². The Labute approximate surface area is 154 Å². The molecule has 0 atom stereocenters. The number of pyridine rings is 1. The van der Waals surface area contributed by atoms with E-state index >= 15 is 0 Å². The van der Waals surface area contributed by atoms with E-state index < -0.39 is 0 Å². The molecule has 0 radical (unpaired) electrons. The molecule has 2 aromatic carbocycles. The summed E-state index contributed by atoms with van der Waals surface area (Å²) in [6.07, 6.45) is 2.18. The first-order chi connectivity index (χ1) is 13.2. The van der Waals surface area contributed by atoms with E-state index in [1.54, 1.807) is 30.5 Å². The lowest BCUT2D eigenvalue weighted by atomic mass is 10.1. The van der Waals surface area contributed by atoms with Gasteiger partial charge < -0.3 is 5.32 Å². The van der Waals surface area contributed by atoms with Crippen LogP contribution in [0.2, 0.25) is 0 Å². The number of hydrogen-bond donors (Lipinski definition) is 2. The van der Waals surface area contributed by atoms with Gasteiger partial charge in [-0.2, -0.15) is 5.10 Å². The lowest BCUT2D eigenvalue weighted by molar-refractivity contribution is -0.382. The largest absolute Gasteiger partial charge is 0.379 e. The third-order valence-corrected chi connectivity index (χ3v) is 4.18. The minimum atomic E-state index is -0.381. The molecule has 2 aromatic heterocycles. The van der Waals surface area contributed by atoms with Gasteiger partial charge in [-0.3, -0.25) is 20.2 Å². The summed E-state index contributed by atoms with van der Waals surface area (Å²) in [5.74, 6) is 1.35. The highest BCUT2D eigenvalue weighted by Gasteiger charge is 2.18. The van der Waals surface area contributed by atoms with Crippen LogP contribution in [0.5, 0.6) is 0 Å². The van der Waals surface area contributed by atoms with Crippen LogP contribution in [0.4, 0.5) is 11.4 Å². The number of rotatable bonds is 6. The van der Waals surface area contributed by atoms with E-state index in [9.17, 15) is 10.1 Å². The number of H-pyrrole nitrogens is 1. The van der Waals surface area contributed by atoms with Gasteiger partial charge in [-0.1, -0.05) is 30.3 Å². The SMILES string of the molecule is O=[N+]([O-])c1c(NCCc2nc(-c3ccccc3)n[nH]2)ccc2ncccc12. The van der Waals surface area contributed by atoms with Crippen molar-refractivity contribution in [3.8, 4) is 11.4 Å². The summed E-state index contributed by atoms with van der Waals surface area (Å²) in [5, 5.41) is 22.3. The van der Waals surface area contributed by atoms with Gasteiger partial charge in [0.05, 0.1) is 15.8 Å². The van der Waals surface area contributed by atoms with Crippen molar-refractivity contribution in [2.24, 2.45) is 0 Å². The first-order valence-corrected chi connectivity index (χ1v) is 8.45. The number of nitrogens with one attached hydrogen (secondary N) is 2. The number of anilines is 1. The van der Waals surface area contributed by atoms with Gasteiger partial charge in [-0.15, -0.1) is 0 Å². The minimum Gasteiger partial charge on any atom is -0.379 e. The van der Waals surface area contributed by atoms with E-state index in [1.807, 2.05) is 30.3 Å². The van der Waals surface area contributed by atoms with E-state index in [0.717, 1.165) is 5.56 Å². The molecule has 0 aliphatic rings. The van der Waals surface area contributed by atoms with Gasteiger partial charge in [-0.05, 0) is 24.3 Å². The highest BCUT2D eigenvalue weighted by Crippen LogP contribution is 2.32. The van der Waals surface area contributed by atoms with Gasteiger partial charge in [0, 0.05) is 24.7 Å². The lowest BCUT2D eigenvalue weighted by Gasteiger charge is -2.08. The zero-order valence-corrected chi connectivity index (χ0v) is 14.3. The fourth-order valence-corrected chi connectivity index (χ4v) is 2.92. The maximum atomic E-state index is 11.5. The van der Waals surface area contributed by atoms with E-state index in [2.05, 4.69) is 25.5 Å². The molecule has 0 aliphatic carbocycles. The highest BCUT2D eigenvalue weighted by atomic mass is 16.6. The van der Waals surface area contributed by atoms with Crippen LogP contribution in [0.25, 0.3) is 22.3 Å². The summed E-state index contributed by atoms with van der Waals surface area (Å²) in [5.41, 5.74) is 2.02. The van der Waals surface area contributed by atoms with Crippen molar-refractivity contribution in [2.75, 3.05) is 11.9 Å². The molecule has 0 spiro atoms. The van der Waals surface area contributed by atoms with Crippen LogP contribution in [0.3, 0.4) is 0 Å². The van der Waals surface area contributed by atoms with E-state index in [0.29, 0.717) is 41.2 Å². The molecule has 0 aliphatic heterocycles. The molecule has 0 saturated heterocycles. The van der Waals surface area contributed by atoms with Crippen LogP contribution in [-0.4, -0.2) is 31.6 Å². The van der Waals surface area contributed by atoms with E-state index in [4.69, 9.17) is 0 Å². The zero-order chi connectivity index (χ0) is 18.6. The monoisotopic (exact) mass is 360 g/mol. The van der Waals surface area contributed by atoms with Crippen LogP contribution in [0, 0.1) is 10.1 Å². The fourth-order valence-electron chi connectivity index (χ4n) is 2.92. The smallest absolute Gasteiger partial charge is 0.301 e. The van der Waals surface area contributed by atoms with Crippen molar-refractivity contribution in [3.63, 3.8) is 0 Å². The van der Waals surface area contributed by atoms with E-state index in [1.165, 1.54) is 0 Å². The Bertz CT molecular complexity index is 1090. The number of nitro benzene ring substituents is 1. The van der Waals surface area contributed by atoms with Crippen molar-refractivity contribution < 1.29 is 4.92 Å². The second kappa shape index (κ2) is 7.20. The normalized spacial score (nSPS) is 10.8. The van der Waals surface area contributed by atoms with Gasteiger partial charge >= 0.3 is 5.69 Å². The Hall–Kier alpha value is -3.81. The first kappa shape index (κ1) is 16.6. The quantitative estimate of drug-likeness (QED) is 0.402. The average molecular weight is 360 g/mol. The summed E-state index contributed by atoms with van der Waals surface area (Å²) in [6.45, 7) is 0.482. The minimum absolute atomic E-state index is 0.0307. The molecular formula is C19H16N6O2. The molecule has 0 amide bonds. The molecule has 134 valence electrons. The molecule has 0 saturated carbocycles. The molecule has 2 heterocycles. The maximum absolute atomic E-state index is 11.5. The molecular weight excluding hydrogens is 344 g/mol. The number of hydrogen-bond acceptors (Lipinski definition) is 6. The van der Waals surface area contributed by atoms with E-state index in [-0.39, 0.29) is 10.6 Å². The molecule has 2 N–H and O–H groups in total. The number of nitrogens with zero attached hydrogens (tertiary/aromatic N) is 4. The van der Waals surface area contributed by atoms with Crippen LogP contribution < -0.4 is 5.32 Å². The second-order valence-corrected chi connectivity index (χ2v) is 5.94. The van der Waals surface area contributed by atoms with Crippen molar-refractivity contribution in [3.05, 3.63) is 76.7 Å². The predicted molar refractivity (Wildman–Crippen MR) is 102 cm³/mol. The Balaban J connectivity index is 1.49. The molecule has 8 nitrogen and oxygen atoms in total. The van der Waals surface area contributed by atoms with Crippen LogP contribution in [0.15, 0.2) is 60.8 Å². The number of fused-ring (bicyclic) bond motifs is 1.